The average molecular weight is 558 g/mol. The predicted molar refractivity (Wildman–Crippen MR) is 139 cm³/mol. The standard InChI is InChI=1S/C23H21Cl2N9O4/c1-28-33-23(26)29-9-17(22(37)38-27)31-20(35)18-15(24)6-13-10-34(5-4-14(13)19(18)25)21(36)11-2-3-12-8-30-32-16(12)7-11/h2-3,6-8,17H,4-5,9-10,27H2,(H,30,32)(H,31,35)(H3,26,29,33)/t17-/m0/s1. The minimum Gasteiger partial charge on any atom is -0.372 e. The lowest BCUT2D eigenvalue weighted by atomic mass is 9.96. The maximum Gasteiger partial charge on any atom is 0.349 e. The smallest absolute Gasteiger partial charge is 0.349 e. The first-order valence-electron chi connectivity index (χ1n) is 11.1. The van der Waals surface area contributed by atoms with E-state index in [9.17, 15) is 14.4 Å². The van der Waals surface area contributed by atoms with Crippen molar-refractivity contribution in [2.75, 3.05) is 13.1 Å². The molecule has 2 aromatic carbocycles. The highest BCUT2D eigenvalue weighted by Gasteiger charge is 2.30. The molecule has 0 aliphatic carbocycles. The zero-order valence-corrected chi connectivity index (χ0v) is 21.1. The SMILES string of the molecule is [C-]#[N+]NC(N)=NC[C@H](NC(=O)c1c(Cl)cc2c(c1Cl)CCN(C(=O)c1ccc3cn[nH]c3c1)C2)C(=O)ON. The van der Waals surface area contributed by atoms with Gasteiger partial charge in [-0.3, -0.25) is 14.7 Å². The number of carbonyl (C=O) groups excluding carboxylic acids is 3. The number of hydrogen-bond acceptors (Lipinski definition) is 7. The number of guanidine groups is 1. The van der Waals surface area contributed by atoms with Crippen molar-refractivity contribution in [3.63, 3.8) is 0 Å². The minimum absolute atomic E-state index is 0.0250. The van der Waals surface area contributed by atoms with Crippen LogP contribution in [0.2, 0.25) is 10.0 Å². The van der Waals surface area contributed by atoms with Gasteiger partial charge in [-0.1, -0.05) is 34.7 Å². The van der Waals surface area contributed by atoms with Crippen molar-refractivity contribution < 1.29 is 19.2 Å². The number of amides is 2. The van der Waals surface area contributed by atoms with Gasteiger partial charge in [0.15, 0.2) is 0 Å². The monoisotopic (exact) mass is 557 g/mol. The third kappa shape index (κ3) is 5.47. The van der Waals surface area contributed by atoms with Crippen molar-refractivity contribution in [1.29, 1.82) is 0 Å². The van der Waals surface area contributed by atoms with E-state index in [1.54, 1.807) is 29.3 Å². The molecule has 0 fully saturated rings. The van der Waals surface area contributed by atoms with Crippen LogP contribution in [0.25, 0.3) is 15.9 Å². The van der Waals surface area contributed by atoms with Crippen LogP contribution in [0.5, 0.6) is 0 Å². The van der Waals surface area contributed by atoms with E-state index >= 15 is 0 Å². The van der Waals surface area contributed by atoms with E-state index in [-0.39, 0.29) is 40.6 Å². The molecule has 3 aromatic rings. The molecular formula is C23H21Cl2N9O4. The number of nitrogens with one attached hydrogen (secondary N) is 3. The molecule has 4 rings (SSSR count). The number of aromatic nitrogens is 2. The van der Waals surface area contributed by atoms with Gasteiger partial charge in [-0.05, 0) is 35.7 Å². The number of nitrogens with zero attached hydrogens (tertiary/aromatic N) is 4. The molecule has 7 N–H and O–H groups in total. The molecule has 0 spiro atoms. The van der Waals surface area contributed by atoms with Crippen LogP contribution < -0.4 is 22.4 Å². The van der Waals surface area contributed by atoms with Crippen LogP contribution in [0.4, 0.5) is 0 Å². The van der Waals surface area contributed by atoms with Gasteiger partial charge < -0.3 is 20.8 Å². The summed E-state index contributed by atoms with van der Waals surface area (Å²) >= 11 is 13.0. The Morgan fingerprint density at radius 2 is 2.11 bits per heavy atom. The molecule has 0 saturated carbocycles. The van der Waals surface area contributed by atoms with Crippen molar-refractivity contribution in [2.45, 2.75) is 19.0 Å². The molecule has 0 saturated heterocycles. The summed E-state index contributed by atoms with van der Waals surface area (Å²) in [5.74, 6) is 2.77. The second-order valence-corrected chi connectivity index (χ2v) is 9.03. The summed E-state index contributed by atoms with van der Waals surface area (Å²) in [6.07, 6.45) is 2.05. The number of rotatable bonds is 6. The van der Waals surface area contributed by atoms with Crippen LogP contribution in [0.3, 0.4) is 0 Å². The Hall–Kier alpha value is -4.38. The average Bonchev–Trinajstić information content (AvgIpc) is 3.38. The van der Waals surface area contributed by atoms with E-state index in [1.807, 2.05) is 6.07 Å². The highest BCUT2D eigenvalue weighted by molar-refractivity contribution is 6.40. The van der Waals surface area contributed by atoms with Gasteiger partial charge >= 0.3 is 5.97 Å². The van der Waals surface area contributed by atoms with Crippen molar-refractivity contribution in [1.82, 2.24) is 25.8 Å². The number of hydrogen-bond donors (Lipinski definition) is 5. The fourth-order valence-corrected chi connectivity index (χ4v) is 4.82. The first-order valence-corrected chi connectivity index (χ1v) is 11.8. The number of nitrogens with two attached hydrogens (primary N) is 2. The molecule has 15 heteroatoms. The summed E-state index contributed by atoms with van der Waals surface area (Å²) in [7, 11) is 0. The van der Waals surface area contributed by atoms with Gasteiger partial charge in [-0.15, -0.1) is 0 Å². The maximum atomic E-state index is 13.2. The molecular weight excluding hydrogens is 537 g/mol. The summed E-state index contributed by atoms with van der Waals surface area (Å²) in [5, 5.41) is 10.3. The molecule has 1 aliphatic heterocycles. The van der Waals surface area contributed by atoms with Gasteiger partial charge in [0.1, 0.15) is 6.04 Å². The number of halogens is 2. The van der Waals surface area contributed by atoms with Crippen LogP contribution in [0.1, 0.15) is 31.8 Å². The topological polar surface area (TPSA) is 185 Å². The fraction of sp³-hybridized carbons (Fsp3) is 0.217. The largest absolute Gasteiger partial charge is 0.372 e. The summed E-state index contributed by atoms with van der Waals surface area (Å²) in [5.41, 5.74) is 10.1. The van der Waals surface area contributed by atoms with Crippen LogP contribution in [-0.4, -0.2) is 58.0 Å². The molecule has 13 nitrogen and oxygen atoms in total. The Morgan fingerprint density at radius 3 is 2.84 bits per heavy atom. The minimum atomic E-state index is -1.33. The Morgan fingerprint density at radius 1 is 1.32 bits per heavy atom. The molecule has 1 atom stereocenters. The van der Waals surface area contributed by atoms with E-state index in [1.165, 1.54) is 0 Å². The second kappa shape index (κ2) is 11.3. The van der Waals surface area contributed by atoms with Gasteiger partial charge in [0.25, 0.3) is 17.8 Å². The summed E-state index contributed by atoms with van der Waals surface area (Å²) in [6.45, 7) is 6.94. The number of carbonyl (C=O) groups is 3. The van der Waals surface area contributed by atoms with Gasteiger partial charge in [-0.2, -0.15) is 22.5 Å². The van der Waals surface area contributed by atoms with E-state index in [0.29, 0.717) is 29.7 Å². The Bertz CT molecular complexity index is 1500. The van der Waals surface area contributed by atoms with Crippen molar-refractivity contribution >= 4 is 57.8 Å². The van der Waals surface area contributed by atoms with Gasteiger partial charge in [-0.25, -0.2) is 9.79 Å². The second-order valence-electron chi connectivity index (χ2n) is 8.25. The fourth-order valence-electron chi connectivity index (χ4n) is 4.06. The Labute approximate surface area is 225 Å². The first-order chi connectivity index (χ1) is 18.2. The molecule has 2 heterocycles. The van der Waals surface area contributed by atoms with Gasteiger partial charge in [0, 0.05) is 24.0 Å². The molecule has 1 aromatic heterocycles. The zero-order chi connectivity index (χ0) is 27.4. The molecule has 0 unspecified atom stereocenters. The highest BCUT2D eigenvalue weighted by Crippen LogP contribution is 2.35. The third-order valence-corrected chi connectivity index (χ3v) is 6.64. The van der Waals surface area contributed by atoms with E-state index < -0.39 is 17.9 Å². The normalized spacial score (nSPS) is 13.8. The van der Waals surface area contributed by atoms with E-state index in [4.69, 9.17) is 41.4 Å². The van der Waals surface area contributed by atoms with Crippen LogP contribution in [0.15, 0.2) is 35.5 Å². The predicted octanol–water partition coefficient (Wildman–Crippen LogP) is 1.32. The number of H-pyrrole nitrogens is 1. The maximum absolute atomic E-state index is 13.2. The molecule has 2 amide bonds. The number of aliphatic imine (C=N–C) groups is 1. The summed E-state index contributed by atoms with van der Waals surface area (Å²) < 4.78 is 0. The lowest BCUT2D eigenvalue weighted by molar-refractivity contribution is -0.146. The molecule has 0 radical (unpaired) electrons. The number of fused-ring (bicyclic) bond motifs is 2. The lowest BCUT2D eigenvalue weighted by Gasteiger charge is -2.30. The van der Waals surface area contributed by atoms with Crippen molar-refractivity contribution in [3.05, 3.63) is 74.3 Å². The van der Waals surface area contributed by atoms with Crippen LogP contribution in [0, 0.1) is 6.57 Å². The number of aromatic amines is 1. The van der Waals surface area contributed by atoms with E-state index in [2.05, 4.69) is 35.7 Å². The molecule has 0 bridgehead atoms. The van der Waals surface area contributed by atoms with Gasteiger partial charge in [0.05, 0.1) is 33.9 Å². The lowest BCUT2D eigenvalue weighted by Crippen LogP contribution is -2.45. The summed E-state index contributed by atoms with van der Waals surface area (Å²) in [6, 6.07) is 5.54. The van der Waals surface area contributed by atoms with E-state index in [0.717, 1.165) is 10.9 Å². The van der Waals surface area contributed by atoms with Crippen LogP contribution >= 0.6 is 23.2 Å². The zero-order valence-electron chi connectivity index (χ0n) is 19.6. The van der Waals surface area contributed by atoms with Crippen LogP contribution in [-0.2, 0) is 22.6 Å². The molecule has 38 heavy (non-hydrogen) atoms. The number of benzene rings is 2. The Kier molecular flexibility index (Phi) is 7.96. The first kappa shape index (κ1) is 26.7. The quantitative estimate of drug-likeness (QED) is 0.130. The van der Waals surface area contributed by atoms with Crippen molar-refractivity contribution in [3.8, 4) is 0 Å². The highest BCUT2D eigenvalue weighted by atomic mass is 35.5. The Balaban J connectivity index is 1.54. The third-order valence-electron chi connectivity index (χ3n) is 5.93. The molecule has 1 aliphatic rings. The summed E-state index contributed by atoms with van der Waals surface area (Å²) in [4.78, 5) is 50.8. The van der Waals surface area contributed by atoms with Gasteiger partial charge in [0.2, 0.25) is 0 Å². The molecule has 196 valence electrons. The van der Waals surface area contributed by atoms with Crippen molar-refractivity contribution in [2.24, 2.45) is 16.6 Å².